The van der Waals surface area contributed by atoms with Crippen molar-refractivity contribution in [3.8, 4) is 0 Å². The van der Waals surface area contributed by atoms with Gasteiger partial charge >= 0.3 is 0 Å². The molecule has 1 amide bonds. The van der Waals surface area contributed by atoms with Gasteiger partial charge in [-0.25, -0.2) is 4.98 Å². The van der Waals surface area contributed by atoms with Crippen molar-refractivity contribution in [2.75, 3.05) is 5.75 Å². The number of rotatable bonds is 7. The average Bonchev–Trinajstić information content (AvgIpc) is 2.99. The van der Waals surface area contributed by atoms with Crippen LogP contribution in [-0.2, 0) is 4.79 Å². The maximum Gasteiger partial charge on any atom is 0.230 e. The molecule has 0 radical (unpaired) electrons. The normalized spacial score (nSPS) is 12.1. The highest BCUT2D eigenvalue weighted by molar-refractivity contribution is 7.99. The molecule has 2 aromatic rings. The molecule has 0 aliphatic rings. The van der Waals surface area contributed by atoms with E-state index in [0.717, 1.165) is 18.4 Å². The van der Waals surface area contributed by atoms with Crippen molar-refractivity contribution < 1.29 is 4.79 Å². The third kappa shape index (κ3) is 4.38. The number of nitrogens with one attached hydrogen (secondary N) is 2. The summed E-state index contributed by atoms with van der Waals surface area (Å²) in [6, 6.07) is 10.1. The topological polar surface area (TPSA) is 70.7 Å². The SMILES string of the molecule is CCC[C@H](NC(=O)CSc1ncn[nH]1)c1ccccc1. The number of aromatic amines is 1. The highest BCUT2D eigenvalue weighted by Crippen LogP contribution is 2.19. The summed E-state index contributed by atoms with van der Waals surface area (Å²) in [6.45, 7) is 2.12. The lowest BCUT2D eigenvalue weighted by Crippen LogP contribution is -2.29. The lowest BCUT2D eigenvalue weighted by Gasteiger charge is -2.18. The number of amides is 1. The molecule has 5 nitrogen and oxygen atoms in total. The van der Waals surface area contributed by atoms with Crippen molar-refractivity contribution in [3.05, 3.63) is 42.2 Å². The van der Waals surface area contributed by atoms with Crippen LogP contribution in [0.1, 0.15) is 31.4 Å². The summed E-state index contributed by atoms with van der Waals surface area (Å²) in [5.41, 5.74) is 1.15. The highest BCUT2D eigenvalue weighted by atomic mass is 32.2. The number of hydrogen-bond acceptors (Lipinski definition) is 4. The van der Waals surface area contributed by atoms with E-state index in [2.05, 4.69) is 27.4 Å². The van der Waals surface area contributed by atoms with E-state index in [1.165, 1.54) is 18.1 Å². The van der Waals surface area contributed by atoms with Gasteiger partial charge in [-0.1, -0.05) is 55.4 Å². The fourth-order valence-electron chi connectivity index (χ4n) is 1.93. The van der Waals surface area contributed by atoms with Gasteiger partial charge in [0.1, 0.15) is 6.33 Å². The first-order valence-corrected chi connectivity index (χ1v) is 7.60. The van der Waals surface area contributed by atoms with E-state index >= 15 is 0 Å². The molecule has 0 saturated carbocycles. The number of aromatic nitrogens is 3. The molecule has 1 atom stereocenters. The molecule has 0 aliphatic heterocycles. The molecule has 2 rings (SSSR count). The third-order valence-corrected chi connectivity index (χ3v) is 3.72. The average molecular weight is 290 g/mol. The molecule has 0 bridgehead atoms. The number of benzene rings is 1. The summed E-state index contributed by atoms with van der Waals surface area (Å²) in [4.78, 5) is 16.0. The van der Waals surface area contributed by atoms with Crippen molar-refractivity contribution in [2.45, 2.75) is 31.0 Å². The van der Waals surface area contributed by atoms with Gasteiger partial charge in [-0.05, 0) is 12.0 Å². The van der Waals surface area contributed by atoms with E-state index in [1.54, 1.807) is 0 Å². The van der Waals surface area contributed by atoms with Crippen LogP contribution in [0, 0.1) is 0 Å². The van der Waals surface area contributed by atoms with Crippen LogP contribution in [0.5, 0.6) is 0 Å². The van der Waals surface area contributed by atoms with Crippen molar-refractivity contribution in [3.63, 3.8) is 0 Å². The minimum Gasteiger partial charge on any atom is -0.349 e. The molecular formula is C14H18N4OS. The van der Waals surface area contributed by atoms with Crippen molar-refractivity contribution in [1.29, 1.82) is 0 Å². The Morgan fingerprint density at radius 1 is 1.40 bits per heavy atom. The van der Waals surface area contributed by atoms with E-state index in [1.807, 2.05) is 30.3 Å². The second-order valence-corrected chi connectivity index (χ2v) is 5.36. The van der Waals surface area contributed by atoms with Gasteiger partial charge in [0.25, 0.3) is 0 Å². The molecule has 1 aromatic carbocycles. The summed E-state index contributed by atoms with van der Waals surface area (Å²) in [5.74, 6) is 0.344. The molecule has 1 heterocycles. The Morgan fingerprint density at radius 3 is 2.85 bits per heavy atom. The van der Waals surface area contributed by atoms with Crippen molar-refractivity contribution in [2.24, 2.45) is 0 Å². The molecule has 0 aliphatic carbocycles. The monoisotopic (exact) mass is 290 g/mol. The quantitative estimate of drug-likeness (QED) is 0.769. The van der Waals surface area contributed by atoms with Crippen LogP contribution in [0.25, 0.3) is 0 Å². The van der Waals surface area contributed by atoms with Crippen LogP contribution >= 0.6 is 11.8 Å². The third-order valence-electron chi connectivity index (χ3n) is 2.85. The number of carbonyl (C=O) groups is 1. The Bertz CT molecular complexity index is 515. The molecule has 6 heteroatoms. The lowest BCUT2D eigenvalue weighted by atomic mass is 10.0. The Morgan fingerprint density at radius 2 is 2.20 bits per heavy atom. The molecule has 2 N–H and O–H groups in total. The predicted molar refractivity (Wildman–Crippen MR) is 79.3 cm³/mol. The van der Waals surface area contributed by atoms with E-state index in [-0.39, 0.29) is 11.9 Å². The summed E-state index contributed by atoms with van der Waals surface area (Å²) in [5, 5.41) is 10.2. The summed E-state index contributed by atoms with van der Waals surface area (Å²) in [7, 11) is 0. The molecule has 0 saturated heterocycles. The molecule has 106 valence electrons. The van der Waals surface area contributed by atoms with Crippen molar-refractivity contribution >= 4 is 17.7 Å². The number of H-pyrrole nitrogens is 1. The summed E-state index contributed by atoms with van der Waals surface area (Å²) in [6.07, 6.45) is 3.39. The highest BCUT2D eigenvalue weighted by Gasteiger charge is 2.14. The number of thioether (sulfide) groups is 1. The van der Waals surface area contributed by atoms with Crippen molar-refractivity contribution in [1.82, 2.24) is 20.5 Å². The minimum atomic E-state index is 0.00806. The van der Waals surface area contributed by atoms with Gasteiger partial charge in [0.05, 0.1) is 11.8 Å². The minimum absolute atomic E-state index is 0.00806. The second-order valence-electron chi connectivity index (χ2n) is 4.40. The number of carbonyl (C=O) groups excluding carboxylic acids is 1. The van der Waals surface area contributed by atoms with Gasteiger partial charge in [-0.15, -0.1) is 0 Å². The molecule has 20 heavy (non-hydrogen) atoms. The van der Waals surface area contributed by atoms with E-state index in [0.29, 0.717) is 10.9 Å². The predicted octanol–water partition coefficient (Wildman–Crippen LogP) is 2.55. The standard InChI is InChI=1S/C14H18N4OS/c1-2-6-12(11-7-4-3-5-8-11)17-13(19)9-20-14-15-10-16-18-14/h3-5,7-8,10,12H,2,6,9H2,1H3,(H,17,19)(H,15,16,18)/t12-/m0/s1. The zero-order valence-electron chi connectivity index (χ0n) is 11.4. The van der Waals surface area contributed by atoms with E-state index in [4.69, 9.17) is 0 Å². The van der Waals surface area contributed by atoms with Gasteiger partial charge in [-0.2, -0.15) is 5.10 Å². The zero-order chi connectivity index (χ0) is 14.2. The molecule has 0 fully saturated rings. The Labute approximate surface area is 122 Å². The maximum atomic E-state index is 12.0. The smallest absolute Gasteiger partial charge is 0.230 e. The summed E-state index contributed by atoms with van der Waals surface area (Å²) >= 11 is 1.35. The molecule has 0 unspecified atom stereocenters. The first-order valence-electron chi connectivity index (χ1n) is 6.62. The zero-order valence-corrected chi connectivity index (χ0v) is 12.2. The van der Waals surface area contributed by atoms with Crippen LogP contribution in [-0.4, -0.2) is 26.8 Å². The first kappa shape index (κ1) is 14.6. The van der Waals surface area contributed by atoms with Crippen LogP contribution in [0.15, 0.2) is 41.8 Å². The van der Waals surface area contributed by atoms with Crippen LogP contribution in [0.3, 0.4) is 0 Å². The van der Waals surface area contributed by atoms with Gasteiger partial charge in [-0.3, -0.25) is 9.89 Å². The Hall–Kier alpha value is -1.82. The number of nitrogens with zero attached hydrogens (tertiary/aromatic N) is 2. The van der Waals surface area contributed by atoms with E-state index in [9.17, 15) is 4.79 Å². The fourth-order valence-corrected chi connectivity index (χ4v) is 2.52. The van der Waals surface area contributed by atoms with E-state index < -0.39 is 0 Å². The van der Waals surface area contributed by atoms with Gasteiger partial charge in [0.15, 0.2) is 5.16 Å². The summed E-state index contributed by atoms with van der Waals surface area (Å²) < 4.78 is 0. The first-order chi connectivity index (χ1) is 9.79. The maximum absolute atomic E-state index is 12.0. The Balaban J connectivity index is 1.89. The largest absolute Gasteiger partial charge is 0.349 e. The van der Waals surface area contributed by atoms with Crippen LogP contribution in [0.4, 0.5) is 0 Å². The number of hydrogen-bond donors (Lipinski definition) is 2. The molecule has 1 aromatic heterocycles. The molecular weight excluding hydrogens is 272 g/mol. The molecule has 0 spiro atoms. The van der Waals surface area contributed by atoms with Gasteiger partial charge in [0.2, 0.25) is 5.91 Å². The van der Waals surface area contributed by atoms with Gasteiger partial charge < -0.3 is 5.32 Å². The van der Waals surface area contributed by atoms with Crippen LogP contribution < -0.4 is 5.32 Å². The van der Waals surface area contributed by atoms with Crippen LogP contribution in [0.2, 0.25) is 0 Å². The lowest BCUT2D eigenvalue weighted by molar-refractivity contribution is -0.119. The second kappa shape index (κ2) is 7.69. The Kier molecular flexibility index (Phi) is 5.61. The van der Waals surface area contributed by atoms with Gasteiger partial charge in [0, 0.05) is 0 Å². The fraction of sp³-hybridized carbons (Fsp3) is 0.357.